The Morgan fingerprint density at radius 1 is 1.38 bits per heavy atom. The molecule has 0 saturated heterocycles. The van der Waals surface area contributed by atoms with Crippen LogP contribution in [0.15, 0.2) is 0 Å². The van der Waals surface area contributed by atoms with Crippen LogP contribution >= 0.6 is 0 Å². The van der Waals surface area contributed by atoms with Crippen molar-refractivity contribution in [3.8, 4) is 0 Å². The lowest BCUT2D eigenvalue weighted by molar-refractivity contribution is 0.000463. The fourth-order valence-electron chi connectivity index (χ4n) is 0.707. The Balaban J connectivity index is 3.39. The van der Waals surface area contributed by atoms with Crippen LogP contribution in [-0.2, 0) is 4.74 Å². The van der Waals surface area contributed by atoms with Crippen LogP contribution in [0.25, 0.3) is 0 Å². The minimum atomic E-state index is 0.0220. The van der Waals surface area contributed by atoms with E-state index in [-0.39, 0.29) is 5.50 Å². The van der Waals surface area contributed by atoms with E-state index in [1.54, 1.807) is 0 Å². The summed E-state index contributed by atoms with van der Waals surface area (Å²) in [7, 11) is 2.06. The third-order valence-electron chi connectivity index (χ3n) is 0.589. The molecule has 0 aromatic heterocycles. The van der Waals surface area contributed by atoms with Crippen molar-refractivity contribution in [1.29, 1.82) is 0 Å². The van der Waals surface area contributed by atoms with Gasteiger partial charge in [-0.15, -0.1) is 0 Å². The Morgan fingerprint density at radius 2 is 1.75 bits per heavy atom. The smallest absolute Gasteiger partial charge is 0.142 e. The zero-order valence-electron chi connectivity index (χ0n) is 6.49. The first-order valence-corrected chi connectivity index (χ1v) is 3.09. The van der Waals surface area contributed by atoms with Gasteiger partial charge in [0.2, 0.25) is 0 Å². The molecule has 0 aromatic rings. The zero-order valence-corrected chi connectivity index (χ0v) is 6.49. The quantitative estimate of drug-likeness (QED) is 0.482. The second kappa shape index (κ2) is 2.54. The molecular weight excluding hydrogens is 98.9 g/mol. The molecule has 0 unspecified atom stereocenters. The van der Waals surface area contributed by atoms with E-state index in [1.165, 1.54) is 0 Å². The van der Waals surface area contributed by atoms with Gasteiger partial charge in [-0.3, -0.25) is 0 Å². The molecule has 0 saturated carbocycles. The Kier molecular flexibility index (Phi) is 2.55. The first-order valence-electron chi connectivity index (χ1n) is 3.09. The van der Waals surface area contributed by atoms with E-state index in [1.807, 2.05) is 13.8 Å². The lowest BCUT2D eigenvalue weighted by Crippen LogP contribution is -2.27. The average Bonchev–Trinajstić information content (AvgIpc) is 1.21. The first kappa shape index (κ1) is 8.02. The Morgan fingerprint density at radius 3 is 1.75 bits per heavy atom. The van der Waals surface area contributed by atoms with Gasteiger partial charge in [-0.1, -0.05) is 0 Å². The van der Waals surface area contributed by atoms with Gasteiger partial charge in [-0.25, -0.2) is 0 Å². The summed E-state index contributed by atoms with van der Waals surface area (Å²) in [5.74, 6) is 0. The summed E-state index contributed by atoms with van der Waals surface area (Å²) in [6.07, 6.45) is 0.343. The lowest BCUT2D eigenvalue weighted by atomic mass is 9.85. The standard InChI is InChI=1S/C6H15BO/c1-5(2)8-6(3,4)7/h5H,7H2,1-4H3. The minimum absolute atomic E-state index is 0.0220. The highest BCUT2D eigenvalue weighted by molar-refractivity contribution is 6.13. The van der Waals surface area contributed by atoms with Crippen molar-refractivity contribution < 1.29 is 4.74 Å². The fourth-order valence-corrected chi connectivity index (χ4v) is 0.707. The second-order valence-electron chi connectivity index (χ2n) is 3.28. The van der Waals surface area contributed by atoms with Crippen LogP contribution < -0.4 is 0 Å². The topological polar surface area (TPSA) is 9.23 Å². The van der Waals surface area contributed by atoms with Crippen LogP contribution in [0.4, 0.5) is 0 Å². The average molecular weight is 114 g/mol. The molecule has 0 N–H and O–H groups in total. The molecule has 2 heteroatoms. The van der Waals surface area contributed by atoms with Crippen LogP contribution in [0.1, 0.15) is 27.7 Å². The second-order valence-corrected chi connectivity index (χ2v) is 3.28. The van der Waals surface area contributed by atoms with Crippen LogP contribution in [0.3, 0.4) is 0 Å². The Labute approximate surface area is 52.8 Å². The normalized spacial score (nSPS) is 12.6. The fraction of sp³-hybridized carbons (Fsp3) is 1.00. The summed E-state index contributed by atoms with van der Waals surface area (Å²) in [6, 6.07) is 0. The van der Waals surface area contributed by atoms with Gasteiger partial charge in [0.05, 0.1) is 6.10 Å². The first-order chi connectivity index (χ1) is 3.42. The maximum atomic E-state index is 5.44. The lowest BCUT2D eigenvalue weighted by Gasteiger charge is -2.22. The van der Waals surface area contributed by atoms with E-state index in [0.29, 0.717) is 6.10 Å². The highest BCUT2D eigenvalue weighted by Crippen LogP contribution is 2.05. The van der Waals surface area contributed by atoms with E-state index in [0.717, 1.165) is 0 Å². The molecule has 0 heterocycles. The zero-order chi connectivity index (χ0) is 6.78. The Bertz CT molecular complexity index is 63.4. The number of rotatable bonds is 2. The number of hydrogen-bond acceptors (Lipinski definition) is 1. The van der Waals surface area contributed by atoms with E-state index in [2.05, 4.69) is 21.7 Å². The molecule has 1 nitrogen and oxygen atoms in total. The molecule has 0 spiro atoms. The van der Waals surface area contributed by atoms with Crippen molar-refractivity contribution in [2.24, 2.45) is 0 Å². The molecule has 8 heavy (non-hydrogen) atoms. The predicted octanol–water partition coefficient (Wildman–Crippen LogP) is 0.781. The SMILES string of the molecule is BC(C)(C)OC(C)C. The van der Waals surface area contributed by atoms with E-state index in [9.17, 15) is 0 Å². The molecule has 0 aliphatic heterocycles. The molecule has 0 fully saturated rings. The molecule has 0 aliphatic rings. The van der Waals surface area contributed by atoms with Crippen molar-refractivity contribution in [2.75, 3.05) is 0 Å². The predicted molar refractivity (Wildman–Crippen MR) is 38.8 cm³/mol. The van der Waals surface area contributed by atoms with Gasteiger partial charge in [0.15, 0.2) is 0 Å². The third kappa shape index (κ3) is 6.02. The van der Waals surface area contributed by atoms with Crippen molar-refractivity contribution >= 4 is 7.85 Å². The maximum absolute atomic E-state index is 5.44. The molecule has 0 atom stereocenters. The van der Waals surface area contributed by atoms with Gasteiger partial charge in [0.1, 0.15) is 7.85 Å². The minimum Gasteiger partial charge on any atom is -0.382 e. The summed E-state index contributed by atoms with van der Waals surface area (Å²) >= 11 is 0. The summed E-state index contributed by atoms with van der Waals surface area (Å²) in [5.41, 5.74) is 0.0220. The summed E-state index contributed by atoms with van der Waals surface area (Å²) in [4.78, 5) is 0. The van der Waals surface area contributed by atoms with Crippen molar-refractivity contribution in [1.82, 2.24) is 0 Å². The van der Waals surface area contributed by atoms with Crippen molar-refractivity contribution in [2.45, 2.75) is 39.3 Å². The molecule has 0 radical (unpaired) electrons. The van der Waals surface area contributed by atoms with Gasteiger partial charge in [0.25, 0.3) is 0 Å². The summed E-state index contributed by atoms with van der Waals surface area (Å²) in [5, 5.41) is 0. The number of hydrogen-bond donors (Lipinski definition) is 0. The molecule has 0 amide bonds. The number of ether oxygens (including phenoxy) is 1. The maximum Gasteiger partial charge on any atom is 0.142 e. The molecule has 0 aromatic carbocycles. The van der Waals surface area contributed by atoms with E-state index < -0.39 is 0 Å². The van der Waals surface area contributed by atoms with Crippen molar-refractivity contribution in [3.63, 3.8) is 0 Å². The van der Waals surface area contributed by atoms with Gasteiger partial charge >= 0.3 is 0 Å². The molecule has 48 valence electrons. The highest BCUT2D eigenvalue weighted by Gasteiger charge is 2.11. The molecule has 0 rings (SSSR count). The monoisotopic (exact) mass is 114 g/mol. The van der Waals surface area contributed by atoms with Gasteiger partial charge in [0, 0.05) is 5.50 Å². The van der Waals surface area contributed by atoms with Gasteiger partial charge in [-0.2, -0.15) is 0 Å². The highest BCUT2D eigenvalue weighted by atomic mass is 16.5. The summed E-state index contributed by atoms with van der Waals surface area (Å²) in [6.45, 7) is 8.22. The van der Waals surface area contributed by atoms with Gasteiger partial charge < -0.3 is 4.74 Å². The van der Waals surface area contributed by atoms with Crippen LogP contribution in [0.2, 0.25) is 0 Å². The molecule has 0 aliphatic carbocycles. The van der Waals surface area contributed by atoms with Crippen LogP contribution in [0, 0.1) is 0 Å². The van der Waals surface area contributed by atoms with Crippen LogP contribution in [0.5, 0.6) is 0 Å². The largest absolute Gasteiger partial charge is 0.382 e. The third-order valence-corrected chi connectivity index (χ3v) is 0.589. The van der Waals surface area contributed by atoms with Gasteiger partial charge in [-0.05, 0) is 27.7 Å². The van der Waals surface area contributed by atoms with E-state index >= 15 is 0 Å². The van der Waals surface area contributed by atoms with E-state index in [4.69, 9.17) is 4.74 Å². The van der Waals surface area contributed by atoms with Crippen LogP contribution in [-0.4, -0.2) is 19.5 Å². The summed E-state index contributed by atoms with van der Waals surface area (Å²) < 4.78 is 5.44. The Hall–Kier alpha value is 0.0249. The molecular formula is C6H15BO. The molecule has 0 bridgehead atoms. The van der Waals surface area contributed by atoms with Crippen molar-refractivity contribution in [3.05, 3.63) is 0 Å².